The van der Waals surface area contributed by atoms with Gasteiger partial charge in [0.1, 0.15) is 11.9 Å². The number of para-hydroxylation sites is 1. The molecule has 0 saturated heterocycles. The van der Waals surface area contributed by atoms with Gasteiger partial charge in [-0.3, -0.25) is 0 Å². The maximum atomic E-state index is 10.6. The van der Waals surface area contributed by atoms with Crippen LogP contribution in [-0.2, 0) is 10.8 Å². The van der Waals surface area contributed by atoms with E-state index < -0.39 is 31.3 Å². The number of rotatable bonds is 8. The number of aryl methyl sites for hydroxylation is 1. The first kappa shape index (κ1) is 28.7. The Labute approximate surface area is 218 Å². The summed E-state index contributed by atoms with van der Waals surface area (Å²) in [6.45, 7) is 14.0. The summed E-state index contributed by atoms with van der Waals surface area (Å²) in [6, 6.07) is 12.6. The third kappa shape index (κ3) is 5.98. The van der Waals surface area contributed by atoms with Crippen LogP contribution in [0, 0.1) is 12.3 Å². The van der Waals surface area contributed by atoms with Crippen LogP contribution in [0.4, 0.5) is 0 Å². The molecule has 200 valence electrons. The Balaban J connectivity index is 2.31. The van der Waals surface area contributed by atoms with Crippen molar-refractivity contribution in [2.75, 3.05) is 19.8 Å². The van der Waals surface area contributed by atoms with Gasteiger partial charge in [-0.15, -0.1) is 0 Å². The monoisotopic (exact) mass is 496 g/mol. The molecule has 1 saturated carbocycles. The van der Waals surface area contributed by atoms with E-state index in [2.05, 4.69) is 72.7 Å². The van der Waals surface area contributed by atoms with Crippen molar-refractivity contribution in [3.8, 4) is 5.75 Å². The van der Waals surface area contributed by atoms with E-state index in [1.807, 2.05) is 12.1 Å². The second kappa shape index (κ2) is 11.2. The third-order valence-corrected chi connectivity index (χ3v) is 7.91. The van der Waals surface area contributed by atoms with Crippen molar-refractivity contribution < 1.29 is 20.1 Å². The summed E-state index contributed by atoms with van der Waals surface area (Å²) in [5.74, 6) is 1.22. The molecule has 3 N–H and O–H groups in total. The molecular weight excluding hydrogens is 448 g/mol. The Morgan fingerprint density at radius 1 is 0.806 bits per heavy atom. The summed E-state index contributed by atoms with van der Waals surface area (Å²) in [5.41, 5.74) is 3.88. The zero-order chi connectivity index (χ0) is 26.7. The van der Waals surface area contributed by atoms with Gasteiger partial charge >= 0.3 is 0 Å². The molecular formula is C32H48O4. The first-order chi connectivity index (χ1) is 16.9. The van der Waals surface area contributed by atoms with Crippen LogP contribution < -0.4 is 4.74 Å². The van der Waals surface area contributed by atoms with Crippen LogP contribution in [-0.4, -0.2) is 35.1 Å². The maximum Gasteiger partial charge on any atom is 0.137 e. The molecule has 0 aliphatic heterocycles. The zero-order valence-corrected chi connectivity index (χ0v) is 23.5. The molecule has 2 aromatic carbocycles. The van der Waals surface area contributed by atoms with Crippen molar-refractivity contribution in [1.29, 1.82) is 0 Å². The normalized spacial score (nSPS) is 16.7. The van der Waals surface area contributed by atoms with Crippen LogP contribution in [0.15, 0.2) is 36.4 Å². The summed E-state index contributed by atoms with van der Waals surface area (Å²) in [5, 5.41) is 31.9. The molecule has 0 heterocycles. The predicted octanol–water partition coefficient (Wildman–Crippen LogP) is 6.72. The minimum absolute atomic E-state index is 0.210. The van der Waals surface area contributed by atoms with Crippen LogP contribution >= 0.6 is 0 Å². The van der Waals surface area contributed by atoms with E-state index >= 15 is 0 Å². The lowest BCUT2D eigenvalue weighted by atomic mass is 9.69. The van der Waals surface area contributed by atoms with Gasteiger partial charge in [0.15, 0.2) is 0 Å². The highest BCUT2D eigenvalue weighted by atomic mass is 16.5. The molecule has 0 bridgehead atoms. The Kier molecular flexibility index (Phi) is 8.96. The van der Waals surface area contributed by atoms with E-state index in [9.17, 15) is 15.3 Å². The molecule has 0 radical (unpaired) electrons. The van der Waals surface area contributed by atoms with Gasteiger partial charge in [0.2, 0.25) is 0 Å². The summed E-state index contributed by atoms with van der Waals surface area (Å²) in [6.07, 6.45) is 5.26. The summed E-state index contributed by atoms with van der Waals surface area (Å²) >= 11 is 0. The van der Waals surface area contributed by atoms with Gasteiger partial charge in [-0.05, 0) is 59.3 Å². The van der Waals surface area contributed by atoms with E-state index in [0.717, 1.165) is 40.8 Å². The van der Waals surface area contributed by atoms with E-state index in [4.69, 9.17) is 4.74 Å². The highest BCUT2D eigenvalue weighted by Gasteiger charge is 2.45. The first-order valence-electron chi connectivity index (χ1n) is 13.6. The molecule has 3 rings (SSSR count). The molecule has 1 aliphatic carbocycles. The van der Waals surface area contributed by atoms with E-state index in [1.54, 1.807) is 0 Å². The summed E-state index contributed by atoms with van der Waals surface area (Å²) < 4.78 is 6.95. The lowest BCUT2D eigenvalue weighted by Gasteiger charge is -2.42. The Morgan fingerprint density at radius 2 is 1.31 bits per heavy atom. The molecule has 1 fully saturated rings. The Hall–Kier alpha value is -1.88. The molecule has 4 heteroatoms. The van der Waals surface area contributed by atoms with Gasteiger partial charge in [-0.2, -0.15) is 0 Å². The first-order valence-corrected chi connectivity index (χ1v) is 13.6. The van der Waals surface area contributed by atoms with Crippen molar-refractivity contribution in [2.24, 2.45) is 5.41 Å². The number of hydrogen-bond donors (Lipinski definition) is 3. The quantitative estimate of drug-likeness (QED) is 0.379. The van der Waals surface area contributed by atoms with Gasteiger partial charge in [0.05, 0.1) is 25.2 Å². The largest absolute Gasteiger partial charge is 0.485 e. The minimum atomic E-state index is -1.26. The zero-order valence-electron chi connectivity index (χ0n) is 23.5. The van der Waals surface area contributed by atoms with Crippen molar-refractivity contribution in [3.05, 3.63) is 64.2 Å². The van der Waals surface area contributed by atoms with E-state index in [1.165, 1.54) is 24.8 Å². The lowest BCUT2D eigenvalue weighted by Crippen LogP contribution is -2.44. The second-order valence-electron chi connectivity index (χ2n) is 13.0. The van der Waals surface area contributed by atoms with Crippen molar-refractivity contribution in [2.45, 2.75) is 103 Å². The Morgan fingerprint density at radius 3 is 1.78 bits per heavy atom. The fraction of sp³-hybridized carbons (Fsp3) is 0.625. The van der Waals surface area contributed by atoms with Crippen LogP contribution in [0.5, 0.6) is 5.75 Å². The Bertz CT molecular complexity index is 958. The number of benzene rings is 2. The third-order valence-electron chi connectivity index (χ3n) is 7.91. The highest BCUT2D eigenvalue weighted by molar-refractivity contribution is 5.49. The maximum absolute atomic E-state index is 10.6. The topological polar surface area (TPSA) is 69.9 Å². The van der Waals surface area contributed by atoms with Gasteiger partial charge in [-0.25, -0.2) is 0 Å². The summed E-state index contributed by atoms with van der Waals surface area (Å²) in [7, 11) is 0. The molecule has 0 aromatic heterocycles. The number of ether oxygens (including phenoxy) is 1. The van der Waals surface area contributed by atoms with E-state index in [0.29, 0.717) is 5.92 Å². The number of hydrogen-bond acceptors (Lipinski definition) is 4. The van der Waals surface area contributed by atoms with Crippen molar-refractivity contribution in [3.63, 3.8) is 0 Å². The van der Waals surface area contributed by atoms with Crippen LogP contribution in [0.2, 0.25) is 0 Å². The molecule has 4 nitrogen and oxygen atoms in total. The molecule has 36 heavy (non-hydrogen) atoms. The standard InChI is InChI=1S/C32H48O4/c1-22-17-25(30(2,3)4)28(26(18-22)31(5,6)7)29(32(19-33,20-34)21-35)36-27-16-12-11-15-24(27)23-13-9-8-10-14-23/h11-12,15-18,23,29,33-35H,8-10,13-14,19-21H2,1-7H3. The predicted molar refractivity (Wildman–Crippen MR) is 148 cm³/mol. The van der Waals surface area contributed by atoms with Gasteiger partial charge < -0.3 is 20.1 Å². The fourth-order valence-corrected chi connectivity index (χ4v) is 5.68. The average molecular weight is 497 g/mol. The van der Waals surface area contributed by atoms with Crippen molar-refractivity contribution in [1.82, 2.24) is 0 Å². The van der Waals surface area contributed by atoms with Gasteiger partial charge in [-0.1, -0.05) is 96.7 Å². The molecule has 0 amide bonds. The molecule has 1 unspecified atom stereocenters. The second-order valence-corrected chi connectivity index (χ2v) is 13.0. The smallest absolute Gasteiger partial charge is 0.137 e. The highest BCUT2D eigenvalue weighted by Crippen LogP contribution is 2.48. The SMILES string of the molecule is Cc1cc(C(C)(C)C)c(C(Oc2ccccc2C2CCCCC2)C(CO)(CO)CO)c(C(C)(C)C)c1. The van der Waals surface area contributed by atoms with Gasteiger partial charge in [0, 0.05) is 5.56 Å². The summed E-state index contributed by atoms with van der Waals surface area (Å²) in [4.78, 5) is 0. The molecule has 1 atom stereocenters. The minimum Gasteiger partial charge on any atom is -0.485 e. The van der Waals surface area contributed by atoms with Crippen LogP contribution in [0.25, 0.3) is 0 Å². The van der Waals surface area contributed by atoms with Crippen LogP contribution in [0.1, 0.15) is 113 Å². The number of aliphatic hydroxyl groups excluding tert-OH is 3. The molecule has 1 aliphatic rings. The number of aliphatic hydroxyl groups is 3. The van der Waals surface area contributed by atoms with Gasteiger partial charge in [0.25, 0.3) is 0 Å². The van der Waals surface area contributed by atoms with Crippen LogP contribution in [0.3, 0.4) is 0 Å². The fourth-order valence-electron chi connectivity index (χ4n) is 5.68. The van der Waals surface area contributed by atoms with E-state index in [-0.39, 0.29) is 10.8 Å². The molecule has 2 aromatic rings. The van der Waals surface area contributed by atoms with Crippen molar-refractivity contribution >= 4 is 0 Å². The average Bonchev–Trinajstić information content (AvgIpc) is 2.84. The lowest BCUT2D eigenvalue weighted by molar-refractivity contribution is -0.0756. The molecule has 0 spiro atoms.